The zero-order valence-corrected chi connectivity index (χ0v) is 9.09. The second-order valence-corrected chi connectivity index (χ2v) is 3.60. The summed E-state index contributed by atoms with van der Waals surface area (Å²) in [6.45, 7) is 4.35. The van der Waals surface area contributed by atoms with Crippen LogP contribution in [-0.4, -0.2) is 53.7 Å². The Morgan fingerprint density at radius 2 is 1.79 bits per heavy atom. The second-order valence-electron chi connectivity index (χ2n) is 3.22. The van der Waals surface area contributed by atoms with Gasteiger partial charge in [0, 0.05) is 32.1 Å². The van der Waals surface area contributed by atoms with Gasteiger partial charge in [-0.3, -0.25) is 9.59 Å². The molecule has 4 nitrogen and oxygen atoms in total. The lowest BCUT2D eigenvalue weighted by Gasteiger charge is -2.32. The summed E-state index contributed by atoms with van der Waals surface area (Å²) in [7, 11) is 0. The van der Waals surface area contributed by atoms with Crippen LogP contribution in [0.2, 0.25) is 0 Å². The van der Waals surface area contributed by atoms with Crippen molar-refractivity contribution in [1.82, 2.24) is 9.80 Å². The van der Waals surface area contributed by atoms with Gasteiger partial charge in [-0.25, -0.2) is 0 Å². The minimum Gasteiger partial charge on any atom is -0.333 e. The fourth-order valence-corrected chi connectivity index (χ4v) is 1.60. The van der Waals surface area contributed by atoms with Gasteiger partial charge in [0.05, 0.1) is 0 Å². The van der Waals surface area contributed by atoms with Gasteiger partial charge >= 0.3 is 11.8 Å². The molecule has 1 rings (SSSR count). The predicted octanol–water partition coefficient (Wildman–Crippen LogP) is 0.306. The SMILES string of the molecule is CCN1CCN(CCCCl)C(=O)C1=O. The summed E-state index contributed by atoms with van der Waals surface area (Å²) in [5.74, 6) is -0.244. The Morgan fingerprint density at radius 1 is 1.21 bits per heavy atom. The first-order valence-corrected chi connectivity index (χ1v) is 5.38. The van der Waals surface area contributed by atoms with Crippen LogP contribution in [0, 0.1) is 0 Å². The molecule has 0 unspecified atom stereocenters. The van der Waals surface area contributed by atoms with E-state index in [4.69, 9.17) is 11.6 Å². The van der Waals surface area contributed by atoms with Crippen LogP contribution in [0.15, 0.2) is 0 Å². The minimum absolute atomic E-state index is 0.381. The van der Waals surface area contributed by atoms with Crippen molar-refractivity contribution in [2.75, 3.05) is 32.1 Å². The second kappa shape index (κ2) is 5.20. The van der Waals surface area contributed by atoms with Crippen molar-refractivity contribution in [3.63, 3.8) is 0 Å². The first-order chi connectivity index (χ1) is 6.70. The third-order valence-corrected chi connectivity index (χ3v) is 2.61. The Hall–Kier alpha value is -0.770. The van der Waals surface area contributed by atoms with Crippen molar-refractivity contribution < 1.29 is 9.59 Å². The zero-order valence-electron chi connectivity index (χ0n) is 8.33. The van der Waals surface area contributed by atoms with E-state index in [9.17, 15) is 9.59 Å². The first-order valence-electron chi connectivity index (χ1n) is 4.84. The van der Waals surface area contributed by atoms with Crippen LogP contribution < -0.4 is 0 Å². The summed E-state index contributed by atoms with van der Waals surface area (Å²) in [5, 5.41) is 0. The quantitative estimate of drug-likeness (QED) is 0.503. The topological polar surface area (TPSA) is 40.6 Å². The number of hydrogen-bond donors (Lipinski definition) is 0. The van der Waals surface area contributed by atoms with E-state index in [1.165, 1.54) is 0 Å². The van der Waals surface area contributed by atoms with Crippen LogP contribution >= 0.6 is 11.6 Å². The molecule has 0 aliphatic carbocycles. The van der Waals surface area contributed by atoms with E-state index in [1.54, 1.807) is 9.80 Å². The molecule has 0 radical (unpaired) electrons. The van der Waals surface area contributed by atoms with E-state index in [0.717, 1.165) is 6.42 Å². The monoisotopic (exact) mass is 218 g/mol. The number of carbonyl (C=O) groups is 2. The number of piperazine rings is 1. The molecule has 0 spiro atoms. The fourth-order valence-electron chi connectivity index (χ4n) is 1.48. The molecule has 2 amide bonds. The van der Waals surface area contributed by atoms with Crippen molar-refractivity contribution in [2.45, 2.75) is 13.3 Å². The Morgan fingerprint density at radius 3 is 2.36 bits per heavy atom. The van der Waals surface area contributed by atoms with E-state index in [1.807, 2.05) is 6.92 Å². The molecular formula is C9H15ClN2O2. The number of hydrogen-bond acceptors (Lipinski definition) is 2. The van der Waals surface area contributed by atoms with E-state index in [-0.39, 0.29) is 11.8 Å². The first kappa shape index (κ1) is 11.3. The highest BCUT2D eigenvalue weighted by Crippen LogP contribution is 2.05. The molecule has 0 aromatic carbocycles. The Bertz CT molecular complexity index is 233. The average Bonchev–Trinajstić information content (AvgIpc) is 2.20. The summed E-state index contributed by atoms with van der Waals surface area (Å²) < 4.78 is 0. The van der Waals surface area contributed by atoms with Crippen LogP contribution in [0.5, 0.6) is 0 Å². The van der Waals surface area contributed by atoms with Gasteiger partial charge in [-0.15, -0.1) is 11.6 Å². The predicted molar refractivity (Wildman–Crippen MR) is 54.2 cm³/mol. The summed E-state index contributed by atoms with van der Waals surface area (Å²) >= 11 is 5.53. The van der Waals surface area contributed by atoms with Crippen LogP contribution in [0.25, 0.3) is 0 Å². The maximum Gasteiger partial charge on any atom is 0.312 e. The van der Waals surface area contributed by atoms with Gasteiger partial charge in [0.25, 0.3) is 0 Å². The molecule has 0 bridgehead atoms. The highest BCUT2D eigenvalue weighted by molar-refractivity contribution is 6.35. The highest BCUT2D eigenvalue weighted by atomic mass is 35.5. The van der Waals surface area contributed by atoms with Crippen LogP contribution in [0.3, 0.4) is 0 Å². The Balaban J connectivity index is 2.51. The lowest BCUT2D eigenvalue weighted by molar-refractivity contribution is -0.155. The van der Waals surface area contributed by atoms with Crippen LogP contribution in [-0.2, 0) is 9.59 Å². The number of likely N-dealkylation sites (N-methyl/N-ethyl adjacent to an activating group) is 1. The maximum atomic E-state index is 11.5. The third-order valence-electron chi connectivity index (χ3n) is 2.34. The van der Waals surface area contributed by atoms with E-state index in [0.29, 0.717) is 32.1 Å². The molecular weight excluding hydrogens is 204 g/mol. The van der Waals surface area contributed by atoms with Gasteiger partial charge in [-0.05, 0) is 13.3 Å². The molecule has 80 valence electrons. The van der Waals surface area contributed by atoms with Gasteiger partial charge in [0.1, 0.15) is 0 Å². The van der Waals surface area contributed by atoms with Crippen molar-refractivity contribution in [2.24, 2.45) is 0 Å². The highest BCUT2D eigenvalue weighted by Gasteiger charge is 2.30. The number of alkyl halides is 1. The van der Waals surface area contributed by atoms with E-state index >= 15 is 0 Å². The van der Waals surface area contributed by atoms with Crippen molar-refractivity contribution in [3.05, 3.63) is 0 Å². The molecule has 0 aromatic rings. The number of rotatable bonds is 4. The summed E-state index contributed by atoms with van der Waals surface area (Å²) in [6.07, 6.45) is 0.743. The molecule has 5 heteroatoms. The van der Waals surface area contributed by atoms with Crippen molar-refractivity contribution in [3.8, 4) is 0 Å². The Kier molecular flexibility index (Phi) is 4.20. The molecule has 1 fully saturated rings. The fraction of sp³-hybridized carbons (Fsp3) is 0.778. The molecule has 0 atom stereocenters. The lowest BCUT2D eigenvalue weighted by Crippen LogP contribution is -2.54. The molecule has 1 saturated heterocycles. The van der Waals surface area contributed by atoms with Gasteiger partial charge in [0.15, 0.2) is 0 Å². The van der Waals surface area contributed by atoms with Crippen LogP contribution in [0.1, 0.15) is 13.3 Å². The molecule has 0 saturated carbocycles. The number of halogens is 1. The number of amides is 2. The van der Waals surface area contributed by atoms with Gasteiger partial charge in [-0.2, -0.15) is 0 Å². The van der Waals surface area contributed by atoms with Crippen molar-refractivity contribution >= 4 is 23.4 Å². The number of nitrogens with zero attached hydrogens (tertiary/aromatic N) is 2. The average molecular weight is 219 g/mol. The molecule has 1 heterocycles. The molecule has 0 aromatic heterocycles. The van der Waals surface area contributed by atoms with E-state index in [2.05, 4.69) is 0 Å². The molecule has 14 heavy (non-hydrogen) atoms. The standard InChI is InChI=1S/C9H15ClN2O2/c1-2-11-6-7-12(5-3-4-10)9(14)8(11)13/h2-7H2,1H3. The third kappa shape index (κ3) is 2.38. The largest absolute Gasteiger partial charge is 0.333 e. The van der Waals surface area contributed by atoms with Crippen LogP contribution in [0.4, 0.5) is 0 Å². The molecule has 1 aliphatic rings. The lowest BCUT2D eigenvalue weighted by atomic mass is 10.2. The van der Waals surface area contributed by atoms with Gasteiger partial charge in [0.2, 0.25) is 0 Å². The van der Waals surface area contributed by atoms with Crippen molar-refractivity contribution in [1.29, 1.82) is 0 Å². The summed E-state index contributed by atoms with van der Waals surface area (Å²) in [4.78, 5) is 26.1. The summed E-state index contributed by atoms with van der Waals surface area (Å²) in [5.41, 5.74) is 0. The van der Waals surface area contributed by atoms with Gasteiger partial charge < -0.3 is 9.80 Å². The minimum atomic E-state index is -0.386. The smallest absolute Gasteiger partial charge is 0.312 e. The Labute approximate surface area is 88.8 Å². The summed E-state index contributed by atoms with van der Waals surface area (Å²) in [6, 6.07) is 0. The maximum absolute atomic E-state index is 11.5. The number of carbonyl (C=O) groups excluding carboxylic acids is 2. The molecule has 1 aliphatic heterocycles. The zero-order chi connectivity index (χ0) is 10.6. The molecule has 0 N–H and O–H groups in total. The van der Waals surface area contributed by atoms with E-state index < -0.39 is 0 Å². The normalized spacial score (nSPS) is 17.9. The van der Waals surface area contributed by atoms with Gasteiger partial charge in [-0.1, -0.05) is 0 Å².